The Morgan fingerprint density at radius 3 is 2.56 bits per heavy atom. The average molecular weight is 360 g/mol. The molecule has 0 amide bonds. The van der Waals surface area contributed by atoms with Crippen LogP contribution in [0.5, 0.6) is 0 Å². The van der Waals surface area contributed by atoms with Gasteiger partial charge in [-0.15, -0.1) is 0 Å². The van der Waals surface area contributed by atoms with Gasteiger partial charge in [0, 0.05) is 24.6 Å². The van der Waals surface area contributed by atoms with Gasteiger partial charge in [0.05, 0.1) is 17.6 Å². The van der Waals surface area contributed by atoms with Gasteiger partial charge in [-0.3, -0.25) is 0 Å². The molecule has 0 aliphatic heterocycles. The van der Waals surface area contributed by atoms with E-state index in [-0.39, 0.29) is 10.9 Å². The summed E-state index contributed by atoms with van der Waals surface area (Å²) >= 11 is 0. The third-order valence-electron chi connectivity index (χ3n) is 4.15. The molecule has 0 aromatic carbocycles. The molecule has 2 N–H and O–H groups in total. The largest absolute Gasteiger partial charge is 0.382 e. The summed E-state index contributed by atoms with van der Waals surface area (Å²) in [5, 5.41) is -0.117. The molecule has 0 radical (unpaired) electrons. The fraction of sp³-hybridized carbons (Fsp3) is 0.375. The first-order valence-corrected chi connectivity index (χ1v) is 9.62. The van der Waals surface area contributed by atoms with Gasteiger partial charge in [-0.05, 0) is 38.3 Å². The highest BCUT2D eigenvalue weighted by atomic mass is 32.2. The van der Waals surface area contributed by atoms with Crippen molar-refractivity contribution in [1.82, 2.24) is 24.5 Å². The molecule has 132 valence electrons. The predicted octanol–water partition coefficient (Wildman–Crippen LogP) is 1.67. The topological polar surface area (TPSA) is 117 Å². The van der Waals surface area contributed by atoms with Gasteiger partial charge in [-0.1, -0.05) is 0 Å². The van der Waals surface area contributed by atoms with Gasteiger partial charge in [0.1, 0.15) is 5.52 Å². The van der Waals surface area contributed by atoms with Crippen LogP contribution in [0.2, 0.25) is 0 Å². The number of anilines is 1. The van der Waals surface area contributed by atoms with E-state index >= 15 is 0 Å². The monoisotopic (exact) mass is 360 g/mol. The molecule has 3 rings (SSSR count). The molecular weight excluding hydrogens is 340 g/mol. The van der Waals surface area contributed by atoms with E-state index < -0.39 is 9.84 Å². The van der Waals surface area contributed by atoms with E-state index in [0.29, 0.717) is 30.7 Å². The molecule has 9 heteroatoms. The SMILES string of the molecule is Cc1nc(N)c2ncn(CCCCS(=O)(=O)c3ncccn3)c2c1C. The lowest BCUT2D eigenvalue weighted by molar-refractivity contribution is 0.576. The molecule has 0 spiro atoms. The molecule has 0 aliphatic carbocycles. The second-order valence-corrected chi connectivity index (χ2v) is 7.90. The maximum atomic E-state index is 12.2. The minimum absolute atomic E-state index is 0.0192. The fourth-order valence-electron chi connectivity index (χ4n) is 2.73. The summed E-state index contributed by atoms with van der Waals surface area (Å²) in [6.45, 7) is 4.56. The number of nitrogen functional groups attached to an aromatic ring is 1. The highest BCUT2D eigenvalue weighted by molar-refractivity contribution is 7.91. The lowest BCUT2D eigenvalue weighted by atomic mass is 10.2. The van der Waals surface area contributed by atoms with Gasteiger partial charge >= 0.3 is 0 Å². The molecule has 0 saturated carbocycles. The molecule has 0 saturated heterocycles. The smallest absolute Gasteiger partial charge is 0.246 e. The van der Waals surface area contributed by atoms with E-state index in [1.807, 2.05) is 18.4 Å². The summed E-state index contributed by atoms with van der Waals surface area (Å²) in [5.74, 6) is 0.436. The Labute approximate surface area is 146 Å². The van der Waals surface area contributed by atoms with Crippen molar-refractivity contribution in [2.45, 2.75) is 38.4 Å². The molecule has 25 heavy (non-hydrogen) atoms. The summed E-state index contributed by atoms with van der Waals surface area (Å²) in [6.07, 6.45) is 5.79. The van der Waals surface area contributed by atoms with Crippen LogP contribution >= 0.6 is 0 Å². The first kappa shape index (κ1) is 17.3. The van der Waals surface area contributed by atoms with Crippen LogP contribution in [0.1, 0.15) is 24.1 Å². The second kappa shape index (κ2) is 6.75. The lowest BCUT2D eigenvalue weighted by Crippen LogP contribution is -2.11. The Bertz CT molecular complexity index is 998. The number of nitrogens with zero attached hydrogens (tertiary/aromatic N) is 5. The normalized spacial score (nSPS) is 11.9. The summed E-state index contributed by atoms with van der Waals surface area (Å²) in [4.78, 5) is 16.2. The van der Waals surface area contributed by atoms with E-state index in [2.05, 4.69) is 19.9 Å². The molecule has 3 aromatic heterocycles. The van der Waals surface area contributed by atoms with Gasteiger partial charge in [-0.25, -0.2) is 28.4 Å². The molecule has 0 unspecified atom stereocenters. The molecule has 3 aromatic rings. The van der Waals surface area contributed by atoms with Crippen molar-refractivity contribution in [2.24, 2.45) is 0 Å². The maximum absolute atomic E-state index is 12.2. The molecule has 0 aliphatic rings. The van der Waals surface area contributed by atoms with Gasteiger partial charge in [0.2, 0.25) is 15.0 Å². The first-order valence-electron chi connectivity index (χ1n) is 7.97. The molecule has 0 bridgehead atoms. The minimum atomic E-state index is -3.44. The molecule has 0 atom stereocenters. The van der Waals surface area contributed by atoms with Crippen molar-refractivity contribution in [1.29, 1.82) is 0 Å². The third-order valence-corrected chi connectivity index (χ3v) is 5.74. The zero-order valence-electron chi connectivity index (χ0n) is 14.2. The quantitative estimate of drug-likeness (QED) is 0.525. The number of aryl methyl sites for hydroxylation is 3. The van der Waals surface area contributed by atoms with Crippen LogP contribution in [0, 0.1) is 13.8 Å². The molecule has 3 heterocycles. The first-order chi connectivity index (χ1) is 11.9. The third kappa shape index (κ3) is 3.46. The van der Waals surface area contributed by atoms with E-state index in [1.54, 1.807) is 12.4 Å². The van der Waals surface area contributed by atoms with E-state index in [1.165, 1.54) is 12.4 Å². The minimum Gasteiger partial charge on any atom is -0.382 e. The standard InChI is InChI=1S/C16H20N6O2S/c1-11-12(2)21-15(17)13-14(11)22(10-20-13)8-3-4-9-25(23,24)16-18-6-5-7-19-16/h5-7,10H,3-4,8-9H2,1-2H3,(H2,17,21). The highest BCUT2D eigenvalue weighted by Gasteiger charge is 2.17. The average Bonchev–Trinajstić information content (AvgIpc) is 3.02. The van der Waals surface area contributed by atoms with Crippen molar-refractivity contribution in [3.05, 3.63) is 36.0 Å². The second-order valence-electron chi connectivity index (χ2n) is 5.90. The van der Waals surface area contributed by atoms with Gasteiger partial charge in [-0.2, -0.15) is 0 Å². The van der Waals surface area contributed by atoms with E-state index in [9.17, 15) is 8.42 Å². The van der Waals surface area contributed by atoms with Crippen LogP contribution in [0.15, 0.2) is 29.9 Å². The molecule has 8 nitrogen and oxygen atoms in total. The number of rotatable bonds is 6. The Balaban J connectivity index is 1.68. The zero-order chi connectivity index (χ0) is 18.0. The molecular formula is C16H20N6O2S. The Hall–Kier alpha value is -2.55. The zero-order valence-corrected chi connectivity index (χ0v) is 15.0. The van der Waals surface area contributed by atoms with E-state index in [0.717, 1.165) is 16.8 Å². The van der Waals surface area contributed by atoms with Crippen molar-refractivity contribution in [3.8, 4) is 0 Å². The Morgan fingerprint density at radius 1 is 1.12 bits per heavy atom. The number of nitrogens with two attached hydrogens (primary N) is 1. The number of pyridine rings is 1. The van der Waals surface area contributed by atoms with Crippen LogP contribution in [-0.4, -0.2) is 38.7 Å². The fourth-order valence-corrected chi connectivity index (χ4v) is 3.94. The molecule has 0 fully saturated rings. The number of sulfone groups is 1. The van der Waals surface area contributed by atoms with Crippen LogP contribution in [-0.2, 0) is 16.4 Å². The Kier molecular flexibility index (Phi) is 4.67. The van der Waals surface area contributed by atoms with Gasteiger partial charge in [0.15, 0.2) is 5.82 Å². The van der Waals surface area contributed by atoms with Gasteiger partial charge < -0.3 is 10.3 Å². The van der Waals surface area contributed by atoms with Crippen LogP contribution in [0.25, 0.3) is 11.0 Å². The van der Waals surface area contributed by atoms with Crippen molar-refractivity contribution in [2.75, 3.05) is 11.5 Å². The van der Waals surface area contributed by atoms with Crippen LogP contribution in [0.4, 0.5) is 5.82 Å². The van der Waals surface area contributed by atoms with Crippen molar-refractivity contribution < 1.29 is 8.42 Å². The van der Waals surface area contributed by atoms with Crippen molar-refractivity contribution in [3.63, 3.8) is 0 Å². The number of fused-ring (bicyclic) bond motifs is 1. The number of unbranched alkanes of at least 4 members (excludes halogenated alkanes) is 1. The number of hydrogen-bond donors (Lipinski definition) is 1. The predicted molar refractivity (Wildman–Crippen MR) is 94.7 cm³/mol. The number of imidazole rings is 1. The lowest BCUT2D eigenvalue weighted by Gasteiger charge is -2.09. The van der Waals surface area contributed by atoms with Crippen LogP contribution < -0.4 is 5.73 Å². The summed E-state index contributed by atoms with van der Waals surface area (Å²) < 4.78 is 26.4. The number of aromatic nitrogens is 5. The maximum Gasteiger partial charge on any atom is 0.246 e. The van der Waals surface area contributed by atoms with E-state index in [4.69, 9.17) is 5.73 Å². The van der Waals surface area contributed by atoms with Crippen molar-refractivity contribution >= 4 is 26.7 Å². The number of hydrogen-bond acceptors (Lipinski definition) is 7. The summed E-state index contributed by atoms with van der Waals surface area (Å²) in [7, 11) is -3.44. The van der Waals surface area contributed by atoms with Crippen LogP contribution in [0.3, 0.4) is 0 Å². The highest BCUT2D eigenvalue weighted by Crippen LogP contribution is 2.24. The van der Waals surface area contributed by atoms with Gasteiger partial charge in [0.25, 0.3) is 0 Å². The Morgan fingerprint density at radius 2 is 1.84 bits per heavy atom. The summed E-state index contributed by atoms with van der Waals surface area (Å²) in [5.41, 5.74) is 9.49. The summed E-state index contributed by atoms with van der Waals surface area (Å²) in [6, 6.07) is 1.59.